The van der Waals surface area contributed by atoms with Gasteiger partial charge in [-0.25, -0.2) is 0 Å². The number of ether oxygens (including phenoxy) is 2. The molecule has 0 spiro atoms. The summed E-state index contributed by atoms with van der Waals surface area (Å²) in [6, 6.07) is 2.77. The summed E-state index contributed by atoms with van der Waals surface area (Å²) >= 11 is 2.07. The maximum absolute atomic E-state index is 13.2. The summed E-state index contributed by atoms with van der Waals surface area (Å²) in [5.41, 5.74) is 1.04. The second-order valence-electron chi connectivity index (χ2n) is 9.18. The monoisotopic (exact) mass is 632 g/mol. The van der Waals surface area contributed by atoms with E-state index in [0.717, 1.165) is 25.7 Å². The van der Waals surface area contributed by atoms with Crippen LogP contribution in [0.15, 0.2) is 23.8 Å². The molecule has 4 N–H and O–H groups in total. The molecule has 0 fully saturated rings. The van der Waals surface area contributed by atoms with Gasteiger partial charge in [-0.1, -0.05) is 33.1 Å². The second-order valence-corrected chi connectivity index (χ2v) is 10.3. The fourth-order valence-corrected chi connectivity index (χ4v) is 5.23. The molecular weight excluding hydrogens is 591 g/mol. The number of benzene rings is 1. The fourth-order valence-electron chi connectivity index (χ4n) is 4.44. The number of rotatable bonds is 15. The van der Waals surface area contributed by atoms with E-state index in [1.165, 1.54) is 7.11 Å². The van der Waals surface area contributed by atoms with Crippen molar-refractivity contribution in [2.75, 3.05) is 26.8 Å². The molecule has 1 aliphatic rings. The number of carbonyl (C=O) groups excluding carboxylic acids is 2. The summed E-state index contributed by atoms with van der Waals surface area (Å²) in [4.78, 5) is 27.8. The Morgan fingerprint density at radius 2 is 1.92 bits per heavy atom. The Balaban J connectivity index is 2.45. The molecule has 37 heavy (non-hydrogen) atoms. The fraction of sp³-hybridized carbons (Fsp3) is 0.630. The van der Waals surface area contributed by atoms with Crippen LogP contribution in [0.4, 0.5) is 0 Å². The summed E-state index contributed by atoms with van der Waals surface area (Å²) in [5, 5.41) is 32.9. The van der Waals surface area contributed by atoms with Gasteiger partial charge in [0.05, 0.1) is 29.9 Å². The quantitative estimate of drug-likeness (QED) is 0.173. The van der Waals surface area contributed by atoms with Gasteiger partial charge in [-0.15, -0.1) is 0 Å². The van der Waals surface area contributed by atoms with Crippen LogP contribution in [0.25, 0.3) is 0 Å². The third-order valence-electron chi connectivity index (χ3n) is 6.38. The Hall–Kier alpha value is -1.89. The van der Waals surface area contributed by atoms with E-state index in [2.05, 4.69) is 34.8 Å². The molecule has 2 amide bonds. The molecule has 1 aromatic rings. The van der Waals surface area contributed by atoms with E-state index in [1.54, 1.807) is 23.1 Å². The van der Waals surface area contributed by atoms with E-state index in [-0.39, 0.29) is 38.0 Å². The highest BCUT2D eigenvalue weighted by molar-refractivity contribution is 14.1. The molecule has 0 radical (unpaired) electrons. The zero-order valence-electron chi connectivity index (χ0n) is 22.0. The lowest BCUT2D eigenvalue weighted by Gasteiger charge is -2.41. The number of nitrogens with one attached hydrogen (secondary N) is 1. The molecule has 2 rings (SSSR count). The Morgan fingerprint density at radius 1 is 1.16 bits per heavy atom. The van der Waals surface area contributed by atoms with E-state index in [1.807, 2.05) is 6.92 Å². The van der Waals surface area contributed by atoms with Gasteiger partial charge in [0.25, 0.3) is 0 Å². The summed E-state index contributed by atoms with van der Waals surface area (Å²) < 4.78 is 12.4. The lowest BCUT2D eigenvalue weighted by atomic mass is 9.87. The minimum absolute atomic E-state index is 0.0572. The minimum atomic E-state index is -1.08. The molecular formula is C27H41IN2O7. The normalized spacial score (nSPS) is 19.2. The zero-order chi connectivity index (χ0) is 27.4. The lowest BCUT2D eigenvalue weighted by molar-refractivity contribution is -0.138. The predicted octanol–water partition coefficient (Wildman–Crippen LogP) is 2.92. The highest BCUT2D eigenvalue weighted by Crippen LogP contribution is 2.37. The molecule has 0 saturated carbocycles. The van der Waals surface area contributed by atoms with E-state index in [4.69, 9.17) is 14.6 Å². The Morgan fingerprint density at radius 3 is 2.54 bits per heavy atom. The van der Waals surface area contributed by atoms with Gasteiger partial charge >= 0.3 is 0 Å². The Labute approximate surface area is 233 Å². The van der Waals surface area contributed by atoms with Crippen molar-refractivity contribution in [3.63, 3.8) is 0 Å². The molecule has 0 bridgehead atoms. The molecule has 10 heteroatoms. The number of unbranched alkanes of at least 4 members (excludes halogenated alkanes) is 3. The molecule has 0 aromatic heterocycles. The van der Waals surface area contributed by atoms with Crippen LogP contribution < -0.4 is 14.8 Å². The molecule has 0 saturated heterocycles. The van der Waals surface area contributed by atoms with Gasteiger partial charge in [0, 0.05) is 31.5 Å². The average Bonchev–Trinajstić information content (AvgIpc) is 2.89. The summed E-state index contributed by atoms with van der Waals surface area (Å²) in [7, 11) is 1.49. The van der Waals surface area contributed by atoms with Crippen molar-refractivity contribution in [1.29, 1.82) is 0 Å². The molecule has 1 aliphatic carbocycles. The van der Waals surface area contributed by atoms with Gasteiger partial charge in [-0.2, -0.15) is 0 Å². The van der Waals surface area contributed by atoms with Crippen molar-refractivity contribution in [1.82, 2.24) is 10.2 Å². The SMILES string of the molecule is CCCCCCN(C(=O)CCC)[C@@H]1CC(C(=O)NCCO)=C[C@H](Oc2c(I)cc(CO)cc2OC)[C@H]1O. The predicted molar refractivity (Wildman–Crippen MR) is 149 cm³/mol. The summed E-state index contributed by atoms with van der Waals surface area (Å²) in [6.07, 6.45) is 4.70. The van der Waals surface area contributed by atoms with Crippen LogP contribution in [0, 0.1) is 3.57 Å². The topological polar surface area (TPSA) is 129 Å². The van der Waals surface area contributed by atoms with Crippen molar-refractivity contribution in [3.8, 4) is 11.5 Å². The Kier molecular flexibility index (Phi) is 13.7. The minimum Gasteiger partial charge on any atom is -0.493 e. The van der Waals surface area contributed by atoms with Gasteiger partial charge in [-0.3, -0.25) is 9.59 Å². The van der Waals surface area contributed by atoms with Crippen molar-refractivity contribution in [3.05, 3.63) is 32.9 Å². The van der Waals surface area contributed by atoms with E-state index in [0.29, 0.717) is 45.6 Å². The molecule has 1 aromatic carbocycles. The maximum Gasteiger partial charge on any atom is 0.247 e. The number of methoxy groups -OCH3 is 1. The van der Waals surface area contributed by atoms with Crippen LogP contribution in [0.1, 0.15) is 64.4 Å². The van der Waals surface area contributed by atoms with Crippen LogP contribution in [-0.4, -0.2) is 77.1 Å². The number of halogens is 1. The number of hydrogen-bond acceptors (Lipinski definition) is 7. The first-order chi connectivity index (χ1) is 17.8. The lowest BCUT2D eigenvalue weighted by Crippen LogP contribution is -2.55. The molecule has 0 heterocycles. The number of aliphatic hydroxyl groups excluding tert-OH is 3. The van der Waals surface area contributed by atoms with Gasteiger partial charge in [0.2, 0.25) is 11.8 Å². The van der Waals surface area contributed by atoms with Gasteiger partial charge in [0.15, 0.2) is 11.5 Å². The number of hydrogen-bond donors (Lipinski definition) is 4. The van der Waals surface area contributed by atoms with Crippen molar-refractivity contribution in [2.24, 2.45) is 0 Å². The van der Waals surface area contributed by atoms with E-state index >= 15 is 0 Å². The standard InChI is InChI=1S/C27H41IN2O7/c1-4-6-7-8-11-30(24(33)9-5-2)21-15-19(27(35)29-10-12-31)16-22(25(21)34)37-26-20(28)13-18(17-32)14-23(26)36-3/h13-14,16,21-22,25,31-32,34H,4-12,15,17H2,1-3H3,(H,29,35)/t21-,22+,25+/m1/s1. The van der Waals surface area contributed by atoms with Gasteiger partial charge in [-0.05, 0) is 59.2 Å². The summed E-state index contributed by atoms with van der Waals surface area (Å²) in [6.45, 7) is 4.29. The first-order valence-electron chi connectivity index (χ1n) is 13.0. The van der Waals surface area contributed by atoms with Gasteiger partial charge in [0.1, 0.15) is 12.2 Å². The summed E-state index contributed by atoms with van der Waals surface area (Å²) in [5.74, 6) is 0.346. The van der Waals surface area contributed by atoms with Gasteiger partial charge < -0.3 is 35.0 Å². The van der Waals surface area contributed by atoms with E-state index in [9.17, 15) is 19.8 Å². The Bertz CT molecular complexity index is 924. The largest absolute Gasteiger partial charge is 0.493 e. The van der Waals surface area contributed by atoms with Crippen molar-refractivity contribution >= 4 is 34.4 Å². The first-order valence-corrected chi connectivity index (χ1v) is 14.1. The first kappa shape index (κ1) is 31.3. The second kappa shape index (κ2) is 16.2. The van der Waals surface area contributed by atoms with Crippen LogP contribution in [0.3, 0.4) is 0 Å². The van der Waals surface area contributed by atoms with Crippen LogP contribution in [0.5, 0.6) is 11.5 Å². The molecule has 9 nitrogen and oxygen atoms in total. The van der Waals surface area contributed by atoms with Crippen molar-refractivity contribution < 1.29 is 34.4 Å². The molecule has 0 unspecified atom stereocenters. The maximum atomic E-state index is 13.2. The van der Waals surface area contributed by atoms with Crippen molar-refractivity contribution in [2.45, 2.75) is 83.6 Å². The molecule has 208 valence electrons. The van der Waals surface area contributed by atoms with Crippen LogP contribution >= 0.6 is 22.6 Å². The molecule has 0 aliphatic heterocycles. The number of nitrogens with zero attached hydrogens (tertiary/aromatic N) is 1. The number of amides is 2. The number of carbonyl (C=O) groups is 2. The number of aliphatic hydroxyl groups is 3. The highest BCUT2D eigenvalue weighted by Gasteiger charge is 2.40. The smallest absolute Gasteiger partial charge is 0.247 e. The average molecular weight is 633 g/mol. The third-order valence-corrected chi connectivity index (χ3v) is 7.18. The highest BCUT2D eigenvalue weighted by atomic mass is 127. The zero-order valence-corrected chi connectivity index (χ0v) is 24.2. The molecule has 3 atom stereocenters. The van der Waals surface area contributed by atoms with Crippen LogP contribution in [-0.2, 0) is 16.2 Å². The van der Waals surface area contributed by atoms with Crippen LogP contribution in [0.2, 0.25) is 0 Å². The van der Waals surface area contributed by atoms with E-state index < -0.39 is 18.2 Å². The third kappa shape index (κ3) is 8.83.